The van der Waals surface area contributed by atoms with Gasteiger partial charge in [0.2, 0.25) is 5.95 Å². The number of hydrogen-bond donors (Lipinski definition) is 5. The molecule has 1 fully saturated rings. The van der Waals surface area contributed by atoms with Crippen LogP contribution in [0.1, 0.15) is 11.8 Å². The van der Waals surface area contributed by atoms with Gasteiger partial charge in [-0.05, 0) is 37.4 Å². The van der Waals surface area contributed by atoms with E-state index in [0.29, 0.717) is 28.0 Å². The maximum Gasteiger partial charge on any atom is 0.229 e. The molecule has 0 spiro atoms. The summed E-state index contributed by atoms with van der Waals surface area (Å²) >= 11 is 6.32. The SMILES string of the molecule is CNC(O)c1ccccc1Nc1nc(Nc2ccc(N3CCNCC3)cc2)ncc1Cl. The number of nitrogens with one attached hydrogen (secondary N) is 4. The summed E-state index contributed by atoms with van der Waals surface area (Å²) in [5, 5.41) is 23.2. The maximum absolute atomic E-state index is 10.2. The third-order valence-corrected chi connectivity index (χ3v) is 5.41. The van der Waals surface area contributed by atoms with Gasteiger partial charge in [0.25, 0.3) is 0 Å². The number of anilines is 5. The lowest BCUT2D eigenvalue weighted by molar-refractivity contribution is 0.150. The molecule has 1 aromatic heterocycles. The molecule has 0 aliphatic carbocycles. The van der Waals surface area contributed by atoms with E-state index in [4.69, 9.17) is 11.6 Å². The summed E-state index contributed by atoms with van der Waals surface area (Å²) in [7, 11) is 1.69. The van der Waals surface area contributed by atoms with E-state index in [1.165, 1.54) is 5.69 Å². The van der Waals surface area contributed by atoms with Crippen LogP contribution in [-0.2, 0) is 0 Å². The van der Waals surface area contributed by atoms with E-state index in [1.807, 2.05) is 36.4 Å². The Bertz CT molecular complexity index is 1010. The summed E-state index contributed by atoms with van der Waals surface area (Å²) in [5.74, 6) is 0.876. The van der Waals surface area contributed by atoms with Crippen molar-refractivity contribution in [3.8, 4) is 0 Å². The Morgan fingerprint density at radius 2 is 1.81 bits per heavy atom. The summed E-state index contributed by atoms with van der Waals surface area (Å²) < 4.78 is 0. The van der Waals surface area contributed by atoms with Crippen LogP contribution in [0.3, 0.4) is 0 Å². The highest BCUT2D eigenvalue weighted by molar-refractivity contribution is 6.32. The highest BCUT2D eigenvalue weighted by Crippen LogP contribution is 2.29. The van der Waals surface area contributed by atoms with Crippen LogP contribution in [-0.4, -0.2) is 48.3 Å². The second-order valence-corrected chi connectivity index (χ2v) is 7.61. The molecule has 1 aliphatic heterocycles. The molecule has 31 heavy (non-hydrogen) atoms. The van der Waals surface area contributed by atoms with Gasteiger partial charge in [0, 0.05) is 48.8 Å². The molecule has 162 valence electrons. The predicted molar refractivity (Wildman–Crippen MR) is 126 cm³/mol. The van der Waals surface area contributed by atoms with Gasteiger partial charge in [-0.2, -0.15) is 4.98 Å². The first-order valence-corrected chi connectivity index (χ1v) is 10.6. The van der Waals surface area contributed by atoms with Crippen molar-refractivity contribution in [1.82, 2.24) is 20.6 Å². The van der Waals surface area contributed by atoms with Gasteiger partial charge >= 0.3 is 0 Å². The van der Waals surface area contributed by atoms with Crippen LogP contribution in [0.15, 0.2) is 54.7 Å². The molecule has 1 atom stereocenters. The molecule has 1 saturated heterocycles. The quantitative estimate of drug-likeness (QED) is 0.358. The standard InChI is InChI=1S/C22H26ClN7O/c1-24-21(31)17-4-2-3-5-19(17)28-20-18(23)14-26-22(29-20)27-15-6-8-16(9-7-15)30-12-10-25-11-13-30/h2-9,14,21,24-25,31H,10-13H2,1H3,(H2,26,27,28,29). The van der Waals surface area contributed by atoms with Crippen LogP contribution >= 0.6 is 11.6 Å². The smallest absolute Gasteiger partial charge is 0.229 e. The van der Waals surface area contributed by atoms with E-state index in [1.54, 1.807) is 13.2 Å². The van der Waals surface area contributed by atoms with Gasteiger partial charge in [-0.15, -0.1) is 0 Å². The monoisotopic (exact) mass is 439 g/mol. The van der Waals surface area contributed by atoms with Crippen molar-refractivity contribution in [2.24, 2.45) is 0 Å². The van der Waals surface area contributed by atoms with Crippen LogP contribution in [0.2, 0.25) is 5.02 Å². The average Bonchev–Trinajstić information content (AvgIpc) is 2.82. The van der Waals surface area contributed by atoms with E-state index in [-0.39, 0.29) is 0 Å². The first-order chi connectivity index (χ1) is 15.1. The molecule has 0 radical (unpaired) electrons. The van der Waals surface area contributed by atoms with Gasteiger partial charge in [0.05, 0.1) is 6.20 Å². The highest BCUT2D eigenvalue weighted by Gasteiger charge is 2.13. The first-order valence-electron chi connectivity index (χ1n) is 10.2. The average molecular weight is 440 g/mol. The summed E-state index contributed by atoms with van der Waals surface area (Å²) in [6.45, 7) is 4.02. The minimum absolute atomic E-state index is 0.383. The number of aliphatic hydroxyl groups is 1. The lowest BCUT2D eigenvalue weighted by atomic mass is 10.1. The molecule has 5 N–H and O–H groups in total. The van der Waals surface area contributed by atoms with Crippen molar-refractivity contribution >= 4 is 40.4 Å². The zero-order chi connectivity index (χ0) is 21.6. The lowest BCUT2D eigenvalue weighted by Crippen LogP contribution is -2.43. The number of para-hydroxylation sites is 1. The molecule has 2 heterocycles. The Kier molecular flexibility index (Phi) is 6.83. The molecule has 4 rings (SSSR count). The summed E-state index contributed by atoms with van der Waals surface area (Å²) in [5.41, 5.74) is 3.48. The molecule has 3 aromatic rings. The van der Waals surface area contributed by atoms with Crippen LogP contribution in [0, 0.1) is 0 Å². The zero-order valence-electron chi connectivity index (χ0n) is 17.3. The highest BCUT2D eigenvalue weighted by atomic mass is 35.5. The van der Waals surface area contributed by atoms with Crippen molar-refractivity contribution < 1.29 is 5.11 Å². The predicted octanol–water partition coefficient (Wildman–Crippen LogP) is 3.24. The van der Waals surface area contributed by atoms with E-state index in [9.17, 15) is 5.11 Å². The van der Waals surface area contributed by atoms with Gasteiger partial charge in [-0.25, -0.2) is 4.98 Å². The lowest BCUT2D eigenvalue weighted by Gasteiger charge is -2.29. The van der Waals surface area contributed by atoms with Crippen LogP contribution in [0.25, 0.3) is 0 Å². The molecule has 8 nitrogen and oxygen atoms in total. The van der Waals surface area contributed by atoms with E-state index < -0.39 is 6.23 Å². The van der Waals surface area contributed by atoms with Gasteiger partial charge in [-0.3, -0.25) is 5.32 Å². The number of benzene rings is 2. The number of halogens is 1. The Balaban J connectivity index is 1.49. The second kappa shape index (κ2) is 9.93. The van der Waals surface area contributed by atoms with E-state index in [2.05, 4.69) is 48.3 Å². The normalized spacial score (nSPS) is 14.9. The minimum atomic E-state index is -0.809. The number of rotatable bonds is 7. The third kappa shape index (κ3) is 5.23. The largest absolute Gasteiger partial charge is 0.374 e. The van der Waals surface area contributed by atoms with Gasteiger partial charge in [0.15, 0.2) is 5.82 Å². The summed E-state index contributed by atoms with van der Waals surface area (Å²) in [4.78, 5) is 11.2. The molecule has 0 amide bonds. The molecular formula is C22H26ClN7O. The van der Waals surface area contributed by atoms with E-state index >= 15 is 0 Å². The van der Waals surface area contributed by atoms with Crippen LogP contribution in [0.4, 0.5) is 28.8 Å². The fraction of sp³-hybridized carbons (Fsp3) is 0.273. The minimum Gasteiger partial charge on any atom is -0.374 e. The van der Waals surface area contributed by atoms with Gasteiger partial charge in [0.1, 0.15) is 11.3 Å². The van der Waals surface area contributed by atoms with Crippen LogP contribution in [0.5, 0.6) is 0 Å². The molecule has 1 unspecified atom stereocenters. The molecule has 0 saturated carbocycles. The Morgan fingerprint density at radius 1 is 1.06 bits per heavy atom. The maximum atomic E-state index is 10.2. The van der Waals surface area contributed by atoms with Crippen LogP contribution < -0.4 is 26.2 Å². The van der Waals surface area contributed by atoms with Crippen molar-refractivity contribution in [1.29, 1.82) is 0 Å². The molecular weight excluding hydrogens is 414 g/mol. The summed E-state index contributed by atoms with van der Waals surface area (Å²) in [6, 6.07) is 15.6. The summed E-state index contributed by atoms with van der Waals surface area (Å²) in [6.07, 6.45) is 0.738. The zero-order valence-corrected chi connectivity index (χ0v) is 18.0. The molecule has 1 aliphatic rings. The number of nitrogens with zero attached hydrogens (tertiary/aromatic N) is 3. The van der Waals surface area contributed by atoms with Crippen molar-refractivity contribution in [2.45, 2.75) is 6.23 Å². The number of hydrogen-bond acceptors (Lipinski definition) is 8. The first kappa shape index (κ1) is 21.3. The Hall–Kier alpha value is -2.91. The van der Waals surface area contributed by atoms with Crippen molar-refractivity contribution in [2.75, 3.05) is 48.8 Å². The third-order valence-electron chi connectivity index (χ3n) is 5.13. The fourth-order valence-electron chi connectivity index (χ4n) is 3.46. The van der Waals surface area contributed by atoms with Crippen molar-refractivity contribution in [3.63, 3.8) is 0 Å². The van der Waals surface area contributed by atoms with Gasteiger partial charge < -0.3 is 26.0 Å². The number of aromatic nitrogens is 2. The fourth-order valence-corrected chi connectivity index (χ4v) is 3.59. The van der Waals surface area contributed by atoms with Gasteiger partial charge in [-0.1, -0.05) is 29.8 Å². The Morgan fingerprint density at radius 3 is 2.55 bits per heavy atom. The molecule has 9 heteroatoms. The number of piperazine rings is 1. The van der Waals surface area contributed by atoms with E-state index in [0.717, 1.165) is 31.9 Å². The Labute approximate surface area is 186 Å². The molecule has 0 bridgehead atoms. The second-order valence-electron chi connectivity index (χ2n) is 7.20. The number of aliphatic hydroxyl groups excluding tert-OH is 1. The topological polar surface area (TPSA) is 97.4 Å². The van der Waals surface area contributed by atoms with Crippen molar-refractivity contribution in [3.05, 3.63) is 65.3 Å². The molecule has 2 aromatic carbocycles.